The van der Waals surface area contributed by atoms with E-state index in [9.17, 15) is 14.0 Å². The van der Waals surface area contributed by atoms with E-state index >= 15 is 0 Å². The Morgan fingerprint density at radius 2 is 1.16 bits per heavy atom. The molecule has 0 saturated carbocycles. The Balaban J connectivity index is 0.000000184. The zero-order chi connectivity index (χ0) is 52.6. The van der Waals surface area contributed by atoms with Crippen LogP contribution in [0, 0.1) is 40.4 Å². The van der Waals surface area contributed by atoms with Gasteiger partial charge in [-0.25, -0.2) is 43.7 Å². The summed E-state index contributed by atoms with van der Waals surface area (Å²) in [5.41, 5.74) is 11.7. The molecule has 0 aliphatic heterocycles. The molecule has 10 aromatic heterocycles. The Kier molecular flexibility index (Phi) is 15.1. The lowest BCUT2D eigenvalue weighted by molar-refractivity contribution is 0.0924. The molecule has 0 aromatic carbocycles. The van der Waals surface area contributed by atoms with Crippen molar-refractivity contribution in [2.45, 2.75) is 79.8 Å². The number of hydrogen-bond acceptors (Lipinski definition) is 15. The minimum Gasteiger partial charge on any atom is -0.344 e. The van der Waals surface area contributed by atoms with E-state index in [4.69, 9.17) is 0 Å². The first-order valence-corrected chi connectivity index (χ1v) is 24.0. The highest BCUT2D eigenvalue weighted by atomic mass is 19.1. The van der Waals surface area contributed by atoms with Crippen LogP contribution in [0.3, 0.4) is 0 Å². The summed E-state index contributed by atoms with van der Waals surface area (Å²) in [6.45, 7) is 13.5. The van der Waals surface area contributed by atoms with Crippen LogP contribution in [0.4, 0.5) is 4.39 Å². The first kappa shape index (κ1) is 50.3. The van der Waals surface area contributed by atoms with E-state index in [1.807, 2.05) is 85.0 Å². The number of halogens is 1. The quantitative estimate of drug-likeness (QED) is 0.0784. The Hall–Kier alpha value is -9.60. The Morgan fingerprint density at radius 1 is 0.587 bits per heavy atom. The minimum absolute atomic E-state index is 0.270. The molecule has 2 atom stereocenters. The second kappa shape index (κ2) is 22.4. The van der Waals surface area contributed by atoms with Crippen LogP contribution in [0.15, 0.2) is 116 Å². The van der Waals surface area contributed by atoms with E-state index < -0.39 is 5.82 Å². The van der Waals surface area contributed by atoms with Crippen LogP contribution in [-0.4, -0.2) is 96.6 Å². The number of nitrogens with zero attached hydrogens (tertiary/aromatic N) is 15. The van der Waals surface area contributed by atoms with Gasteiger partial charge in [-0.05, 0) is 114 Å². The van der Waals surface area contributed by atoms with E-state index in [0.29, 0.717) is 53.8 Å². The van der Waals surface area contributed by atoms with Gasteiger partial charge in [-0.1, -0.05) is 13.0 Å². The maximum Gasteiger partial charge on any atom is 0.270 e. The number of carbonyl (C=O) groups excluding carboxylic acids is 2. The molecule has 0 fully saturated rings. The Morgan fingerprint density at radius 3 is 1.61 bits per heavy atom. The number of aromatic amines is 2. The summed E-state index contributed by atoms with van der Waals surface area (Å²) in [5, 5.41) is 28.5. The van der Waals surface area contributed by atoms with Crippen molar-refractivity contribution in [3.63, 3.8) is 0 Å². The fraction of sp³-hybridized carbons (Fsp3) is 0.226. The summed E-state index contributed by atoms with van der Waals surface area (Å²) >= 11 is 0. The average molecular weight is 1010 g/mol. The van der Waals surface area contributed by atoms with Gasteiger partial charge in [-0.2, -0.15) is 20.4 Å². The third kappa shape index (κ3) is 12.7. The third-order valence-electron chi connectivity index (χ3n) is 11.6. The van der Waals surface area contributed by atoms with Crippen LogP contribution in [-0.2, 0) is 12.8 Å². The minimum atomic E-state index is -0.438. The molecular weight excluding hydrogens is 954 g/mol. The first-order valence-electron chi connectivity index (χ1n) is 24.0. The van der Waals surface area contributed by atoms with Crippen LogP contribution in [0.1, 0.15) is 116 Å². The Bertz CT molecular complexity index is 3570. The normalized spacial score (nSPS) is 11.9. The predicted octanol–water partition coefficient (Wildman–Crippen LogP) is 7.31. The lowest BCUT2D eigenvalue weighted by Gasteiger charge is -2.17. The molecule has 0 unspecified atom stereocenters. The third-order valence-corrected chi connectivity index (χ3v) is 11.6. The second-order valence-electron chi connectivity index (χ2n) is 17.9. The molecule has 0 spiro atoms. The van der Waals surface area contributed by atoms with Gasteiger partial charge < -0.3 is 10.6 Å². The lowest BCUT2D eigenvalue weighted by atomic mass is 10.1. The SMILES string of the molecule is CC[C@@H](NC(=O)c1ccc(-c2nc(C)cc(Cc3cc(C)[nH]n3)n2)cn1)c1ccc(-n2cc(F)cn2)nc1.Cc1cnn(-c2cnc([C@H](C)NC(=O)c3ccc(-c4nc(C)cc(Cc5cc(C)[nH]n5)n4)cn3)cn2)c1. The summed E-state index contributed by atoms with van der Waals surface area (Å²) in [4.78, 5) is 66.1. The van der Waals surface area contributed by atoms with E-state index in [0.717, 1.165) is 68.4 Å². The predicted molar refractivity (Wildman–Crippen MR) is 274 cm³/mol. The number of amides is 2. The maximum atomic E-state index is 13.2. The monoisotopic (exact) mass is 1010 g/mol. The number of hydrogen-bond donors (Lipinski definition) is 4. The summed E-state index contributed by atoms with van der Waals surface area (Å²) in [5.74, 6) is 1.13. The molecule has 4 N–H and O–H groups in total. The highest BCUT2D eigenvalue weighted by Gasteiger charge is 2.19. The maximum absolute atomic E-state index is 13.2. The summed E-state index contributed by atoms with van der Waals surface area (Å²) in [7, 11) is 0. The van der Waals surface area contributed by atoms with Crippen molar-refractivity contribution in [2.24, 2.45) is 0 Å². The highest BCUT2D eigenvalue weighted by molar-refractivity contribution is 5.93. The van der Waals surface area contributed by atoms with Crippen molar-refractivity contribution in [2.75, 3.05) is 0 Å². The van der Waals surface area contributed by atoms with Gasteiger partial charge in [0.1, 0.15) is 11.4 Å². The van der Waals surface area contributed by atoms with Gasteiger partial charge in [0.05, 0.1) is 71.5 Å². The van der Waals surface area contributed by atoms with Gasteiger partial charge in [0, 0.05) is 71.5 Å². The van der Waals surface area contributed by atoms with Crippen molar-refractivity contribution in [1.82, 2.24) is 95.4 Å². The van der Waals surface area contributed by atoms with Crippen molar-refractivity contribution in [1.29, 1.82) is 0 Å². The molecule has 2 amide bonds. The second-order valence-corrected chi connectivity index (χ2v) is 17.9. The van der Waals surface area contributed by atoms with Crippen molar-refractivity contribution in [3.05, 3.63) is 196 Å². The molecule has 0 bridgehead atoms. The molecule has 22 heteroatoms. The number of aromatic nitrogens is 17. The largest absolute Gasteiger partial charge is 0.344 e. The smallest absolute Gasteiger partial charge is 0.270 e. The van der Waals surface area contributed by atoms with Crippen LogP contribution >= 0.6 is 0 Å². The molecule has 0 aliphatic rings. The van der Waals surface area contributed by atoms with Crippen molar-refractivity contribution in [3.8, 4) is 34.4 Å². The van der Waals surface area contributed by atoms with Gasteiger partial charge in [-0.15, -0.1) is 0 Å². The Labute approximate surface area is 430 Å². The van der Waals surface area contributed by atoms with Gasteiger partial charge in [0.25, 0.3) is 11.8 Å². The number of nitrogens with one attached hydrogen (secondary N) is 4. The van der Waals surface area contributed by atoms with E-state index in [-0.39, 0.29) is 35.3 Å². The zero-order valence-corrected chi connectivity index (χ0v) is 42.1. The van der Waals surface area contributed by atoms with Crippen LogP contribution in [0.2, 0.25) is 0 Å². The lowest BCUT2D eigenvalue weighted by Crippen LogP contribution is -2.29. The number of pyridine rings is 3. The van der Waals surface area contributed by atoms with Crippen molar-refractivity contribution < 1.29 is 14.0 Å². The van der Waals surface area contributed by atoms with E-state index in [1.54, 1.807) is 72.2 Å². The summed E-state index contributed by atoms with van der Waals surface area (Å²) < 4.78 is 16.2. The summed E-state index contributed by atoms with van der Waals surface area (Å²) in [6, 6.07) is 17.7. The zero-order valence-electron chi connectivity index (χ0n) is 42.1. The highest BCUT2D eigenvalue weighted by Crippen LogP contribution is 2.22. The van der Waals surface area contributed by atoms with E-state index in [1.165, 1.54) is 10.9 Å². The molecule has 21 nitrogen and oxygen atoms in total. The van der Waals surface area contributed by atoms with Crippen LogP contribution in [0.25, 0.3) is 34.4 Å². The fourth-order valence-electron chi connectivity index (χ4n) is 7.90. The molecule has 0 radical (unpaired) electrons. The first-order chi connectivity index (χ1) is 36.2. The molecule has 10 aromatic rings. The molecule has 378 valence electrons. The van der Waals surface area contributed by atoms with Gasteiger partial charge >= 0.3 is 0 Å². The number of carbonyl (C=O) groups is 2. The number of rotatable bonds is 15. The molecular formula is C53H52FN19O2. The molecule has 10 rings (SSSR count). The molecule has 0 aliphatic carbocycles. The number of aryl methyl sites for hydroxylation is 5. The van der Waals surface area contributed by atoms with Gasteiger partial charge in [0.15, 0.2) is 29.1 Å². The van der Waals surface area contributed by atoms with Gasteiger partial charge in [0.2, 0.25) is 0 Å². The molecule has 75 heavy (non-hydrogen) atoms. The van der Waals surface area contributed by atoms with Crippen LogP contribution in [0.5, 0.6) is 0 Å². The number of H-pyrrole nitrogens is 2. The average Bonchev–Trinajstić information content (AvgIpc) is 4.25. The fourth-order valence-corrected chi connectivity index (χ4v) is 7.90. The van der Waals surface area contributed by atoms with Crippen molar-refractivity contribution >= 4 is 11.8 Å². The topological polar surface area (TPSA) is 267 Å². The standard InChI is InChI=1S/C27H26FN9O.C26H26N10O/c1-4-23(18-6-8-25(30-12-18)37-15-20(28)14-31-37)34-27(38)24-7-5-19(13-29-24)26-32-16(2)9-21(33-26)11-22-10-17(3)35-36-22;1-15-10-30-36(14-15)24-13-28-23(12-29-24)18(4)32-26(37)22-6-5-19(11-27-22)25-31-16(2)7-20(33-25)9-21-8-17(3)34-35-21/h5-10,12-15,23H,4,11H2,1-3H3,(H,34,38)(H,35,36);5-8,10-14,18H,9H2,1-4H3,(H,32,37)(H,34,35)/t23-;18-/m10/s1. The van der Waals surface area contributed by atoms with E-state index in [2.05, 4.69) is 86.1 Å². The molecule has 0 saturated heterocycles. The van der Waals surface area contributed by atoms with Crippen LogP contribution < -0.4 is 10.6 Å². The molecule has 10 heterocycles. The van der Waals surface area contributed by atoms with Gasteiger partial charge in [-0.3, -0.25) is 34.7 Å². The summed E-state index contributed by atoms with van der Waals surface area (Å²) in [6.07, 6.45) is 15.9.